The van der Waals surface area contributed by atoms with E-state index >= 15 is 0 Å². The smallest absolute Gasteiger partial charge is 0.298 e. The molecule has 0 aromatic carbocycles. The summed E-state index contributed by atoms with van der Waals surface area (Å²) >= 11 is 4.99. The summed E-state index contributed by atoms with van der Waals surface area (Å²) in [5.41, 5.74) is 0.802. The average Bonchev–Trinajstić information content (AvgIpc) is 2.01. The predicted octanol–water partition coefficient (Wildman–Crippen LogP) is 2.22. The molecule has 4 heteroatoms. The van der Waals surface area contributed by atoms with Crippen LogP contribution in [0.5, 0.6) is 0 Å². The Kier molecular flexibility index (Phi) is 2.95. The van der Waals surface area contributed by atoms with Crippen LogP contribution in [-0.4, -0.2) is 9.55 Å². The van der Waals surface area contributed by atoms with Crippen molar-refractivity contribution in [3.63, 3.8) is 0 Å². The fourth-order valence-corrected chi connectivity index (χ4v) is 1.65. The van der Waals surface area contributed by atoms with Crippen LogP contribution >= 0.6 is 12.2 Å². The molecule has 3 nitrogen and oxygen atoms in total. The fraction of sp³-hybridized carbons (Fsp3) is 0.600. The van der Waals surface area contributed by atoms with E-state index in [1.807, 2.05) is 13.0 Å². The van der Waals surface area contributed by atoms with Gasteiger partial charge in [-0.25, -0.2) is 4.79 Å². The molecule has 0 aliphatic rings. The first-order valence-electron chi connectivity index (χ1n) is 4.71. The maximum absolute atomic E-state index is 11.6. The van der Waals surface area contributed by atoms with E-state index in [0.29, 0.717) is 11.2 Å². The van der Waals surface area contributed by atoms with Crippen LogP contribution in [0.4, 0.5) is 0 Å². The fourth-order valence-electron chi connectivity index (χ4n) is 1.46. The van der Waals surface area contributed by atoms with Gasteiger partial charge in [-0.3, -0.25) is 9.55 Å². The molecule has 0 saturated carbocycles. The minimum Gasteiger partial charge on any atom is -0.298 e. The van der Waals surface area contributed by atoms with Gasteiger partial charge >= 0.3 is 5.69 Å². The number of H-pyrrole nitrogens is 1. The van der Waals surface area contributed by atoms with Crippen LogP contribution in [0.2, 0.25) is 0 Å². The third-order valence-electron chi connectivity index (χ3n) is 2.12. The molecular weight excluding hydrogens is 196 g/mol. The van der Waals surface area contributed by atoms with Gasteiger partial charge in [-0.05, 0) is 13.0 Å². The summed E-state index contributed by atoms with van der Waals surface area (Å²) in [6.07, 6.45) is 0. The van der Waals surface area contributed by atoms with E-state index in [1.54, 1.807) is 4.57 Å². The van der Waals surface area contributed by atoms with E-state index in [0.717, 1.165) is 5.69 Å². The average molecular weight is 212 g/mol. The maximum atomic E-state index is 11.6. The van der Waals surface area contributed by atoms with Gasteiger partial charge in [0.2, 0.25) is 0 Å². The van der Waals surface area contributed by atoms with Crippen molar-refractivity contribution in [3.05, 3.63) is 26.9 Å². The molecule has 78 valence electrons. The third-order valence-corrected chi connectivity index (χ3v) is 2.34. The molecule has 0 radical (unpaired) electrons. The molecule has 1 aromatic rings. The molecule has 1 aromatic heterocycles. The quantitative estimate of drug-likeness (QED) is 0.725. The van der Waals surface area contributed by atoms with Gasteiger partial charge in [0.05, 0.1) is 0 Å². The maximum Gasteiger partial charge on any atom is 0.326 e. The van der Waals surface area contributed by atoms with Gasteiger partial charge in [0.1, 0.15) is 4.64 Å². The molecule has 0 atom stereocenters. The standard InChI is InChI=1S/C10H16N2OS/c1-5-12-7(10(2,3)4)6-8(14)11-9(12)13/h6H,5H2,1-4H3,(H,11,13,14). The first kappa shape index (κ1) is 11.2. The van der Waals surface area contributed by atoms with Crippen molar-refractivity contribution in [3.8, 4) is 0 Å². The SMILES string of the molecule is CCn1c(C(C)(C)C)cc(=S)[nH]c1=O. The highest BCUT2D eigenvalue weighted by atomic mass is 32.1. The number of aromatic amines is 1. The molecule has 1 N–H and O–H groups in total. The number of hydrogen-bond acceptors (Lipinski definition) is 2. The van der Waals surface area contributed by atoms with E-state index in [2.05, 4.69) is 25.8 Å². The largest absolute Gasteiger partial charge is 0.326 e. The zero-order valence-corrected chi connectivity index (χ0v) is 9.86. The molecule has 0 spiro atoms. The van der Waals surface area contributed by atoms with Gasteiger partial charge in [-0.2, -0.15) is 0 Å². The molecule has 1 rings (SSSR count). The van der Waals surface area contributed by atoms with Crippen LogP contribution in [-0.2, 0) is 12.0 Å². The number of rotatable bonds is 1. The Hall–Kier alpha value is -0.900. The topological polar surface area (TPSA) is 37.8 Å². The van der Waals surface area contributed by atoms with Gasteiger partial charge < -0.3 is 0 Å². The van der Waals surface area contributed by atoms with Crippen LogP contribution in [0.25, 0.3) is 0 Å². The monoisotopic (exact) mass is 212 g/mol. The van der Waals surface area contributed by atoms with Gasteiger partial charge in [0, 0.05) is 17.7 Å². The lowest BCUT2D eigenvalue weighted by Crippen LogP contribution is -2.30. The van der Waals surface area contributed by atoms with E-state index in [4.69, 9.17) is 12.2 Å². The molecule has 0 saturated heterocycles. The van der Waals surface area contributed by atoms with Crippen LogP contribution in [0.1, 0.15) is 33.4 Å². The number of nitrogens with zero attached hydrogens (tertiary/aromatic N) is 1. The molecule has 0 bridgehead atoms. The summed E-state index contributed by atoms with van der Waals surface area (Å²) in [5, 5.41) is 0. The molecule has 0 unspecified atom stereocenters. The van der Waals surface area contributed by atoms with Gasteiger partial charge in [-0.15, -0.1) is 0 Å². The molecule has 0 aliphatic heterocycles. The molecule has 1 heterocycles. The molecule has 0 aliphatic carbocycles. The highest BCUT2D eigenvalue weighted by Crippen LogP contribution is 2.20. The molecular formula is C10H16N2OS. The second-order valence-electron chi connectivity index (χ2n) is 4.32. The number of aromatic nitrogens is 2. The number of nitrogens with one attached hydrogen (secondary N) is 1. The van der Waals surface area contributed by atoms with Crippen molar-refractivity contribution in [2.75, 3.05) is 0 Å². The van der Waals surface area contributed by atoms with E-state index in [9.17, 15) is 4.79 Å². The zero-order chi connectivity index (χ0) is 10.9. The Morgan fingerprint density at radius 1 is 1.50 bits per heavy atom. The van der Waals surface area contributed by atoms with Crippen molar-refractivity contribution >= 4 is 12.2 Å². The Morgan fingerprint density at radius 2 is 2.07 bits per heavy atom. The lowest BCUT2D eigenvalue weighted by molar-refractivity contribution is 0.503. The summed E-state index contributed by atoms with van der Waals surface area (Å²) in [6, 6.07) is 1.86. The predicted molar refractivity (Wildman–Crippen MR) is 60.3 cm³/mol. The summed E-state index contributed by atoms with van der Waals surface area (Å²) in [7, 11) is 0. The Morgan fingerprint density at radius 3 is 2.50 bits per heavy atom. The summed E-state index contributed by atoms with van der Waals surface area (Å²) in [5.74, 6) is 0. The van der Waals surface area contributed by atoms with Crippen molar-refractivity contribution in [1.29, 1.82) is 0 Å². The summed E-state index contributed by atoms with van der Waals surface area (Å²) in [4.78, 5) is 14.2. The van der Waals surface area contributed by atoms with Gasteiger partial charge in [0.25, 0.3) is 0 Å². The Bertz CT molecular complexity index is 437. The van der Waals surface area contributed by atoms with Crippen LogP contribution < -0.4 is 5.69 Å². The Balaban J connectivity index is 3.57. The minimum atomic E-state index is -0.120. The summed E-state index contributed by atoms with van der Waals surface area (Å²) < 4.78 is 2.22. The molecule has 0 fully saturated rings. The van der Waals surface area contributed by atoms with Gasteiger partial charge in [0.15, 0.2) is 0 Å². The number of hydrogen-bond donors (Lipinski definition) is 1. The highest BCUT2D eigenvalue weighted by Gasteiger charge is 2.18. The first-order valence-corrected chi connectivity index (χ1v) is 5.11. The summed E-state index contributed by atoms with van der Waals surface area (Å²) in [6.45, 7) is 8.83. The first-order chi connectivity index (χ1) is 6.36. The van der Waals surface area contributed by atoms with E-state index in [-0.39, 0.29) is 11.1 Å². The zero-order valence-electron chi connectivity index (χ0n) is 9.05. The minimum absolute atomic E-state index is 0.0577. The second-order valence-corrected chi connectivity index (χ2v) is 4.76. The second kappa shape index (κ2) is 3.69. The lowest BCUT2D eigenvalue weighted by Gasteiger charge is -2.22. The van der Waals surface area contributed by atoms with E-state index < -0.39 is 0 Å². The Labute approximate surface area is 88.8 Å². The van der Waals surface area contributed by atoms with Crippen LogP contribution in [0.15, 0.2) is 10.9 Å². The van der Waals surface area contributed by atoms with Crippen LogP contribution in [0, 0.1) is 4.64 Å². The van der Waals surface area contributed by atoms with Crippen molar-refractivity contribution < 1.29 is 0 Å². The van der Waals surface area contributed by atoms with Crippen molar-refractivity contribution in [1.82, 2.24) is 9.55 Å². The highest BCUT2D eigenvalue weighted by molar-refractivity contribution is 7.71. The van der Waals surface area contributed by atoms with Gasteiger partial charge in [-0.1, -0.05) is 33.0 Å². The molecule has 14 heavy (non-hydrogen) atoms. The molecule has 0 amide bonds. The lowest BCUT2D eigenvalue weighted by atomic mass is 9.91. The normalized spacial score (nSPS) is 11.7. The van der Waals surface area contributed by atoms with Crippen molar-refractivity contribution in [2.24, 2.45) is 0 Å². The van der Waals surface area contributed by atoms with E-state index in [1.165, 1.54) is 0 Å². The van der Waals surface area contributed by atoms with Crippen molar-refractivity contribution in [2.45, 2.75) is 39.7 Å². The third kappa shape index (κ3) is 2.12. The van der Waals surface area contributed by atoms with Crippen LogP contribution in [0.3, 0.4) is 0 Å².